The average molecular weight is 209 g/mol. The topological polar surface area (TPSA) is 34.9 Å². The minimum absolute atomic E-state index is 0.0530. The lowest BCUT2D eigenvalue weighted by molar-refractivity contribution is 0.0998. The fraction of sp³-hybridized carbons (Fsp3) is 0.429. The highest BCUT2D eigenvalue weighted by molar-refractivity contribution is 6.33. The summed E-state index contributed by atoms with van der Waals surface area (Å²) in [5.74, 6) is -0.506. The predicted molar refractivity (Wildman–Crippen MR) is 43.2 cm³/mol. The van der Waals surface area contributed by atoms with Crippen LogP contribution in [0, 0.1) is 0 Å². The number of rotatable bonds is 2. The number of nitrogens with zero attached hydrogens (tertiary/aromatic N) is 2. The molecule has 0 saturated carbocycles. The second-order valence-corrected chi connectivity index (χ2v) is 2.89. The number of carbonyl (C=O) groups excluding carboxylic acids is 1. The highest BCUT2D eigenvalue weighted by Crippen LogP contribution is 2.27. The summed E-state index contributed by atoms with van der Waals surface area (Å²) < 4.78 is 25.6. The Labute approximate surface area is 78.3 Å². The summed E-state index contributed by atoms with van der Waals surface area (Å²) in [4.78, 5) is 10.9. The molecule has 1 heterocycles. The van der Waals surface area contributed by atoms with Crippen LogP contribution in [0.15, 0.2) is 0 Å². The van der Waals surface area contributed by atoms with Gasteiger partial charge in [-0.05, 0) is 6.92 Å². The summed E-state index contributed by atoms with van der Waals surface area (Å²) in [6.07, 6.45) is -2.78. The summed E-state index contributed by atoms with van der Waals surface area (Å²) in [5, 5.41) is 3.39. The van der Waals surface area contributed by atoms with E-state index >= 15 is 0 Å². The van der Waals surface area contributed by atoms with E-state index in [-0.39, 0.29) is 10.7 Å². The number of carbonyl (C=O) groups is 1. The molecular weight excluding hydrogens is 202 g/mol. The maximum absolute atomic E-state index is 12.3. The van der Waals surface area contributed by atoms with E-state index in [9.17, 15) is 13.6 Å². The molecule has 1 aromatic heterocycles. The number of alkyl halides is 2. The van der Waals surface area contributed by atoms with Gasteiger partial charge in [-0.2, -0.15) is 5.10 Å². The Bertz CT molecular complexity index is 349. The van der Waals surface area contributed by atoms with E-state index in [2.05, 4.69) is 5.10 Å². The van der Waals surface area contributed by atoms with E-state index in [0.717, 1.165) is 4.68 Å². The van der Waals surface area contributed by atoms with Crippen molar-refractivity contribution < 1.29 is 13.6 Å². The molecule has 3 nitrogen and oxygen atoms in total. The molecular formula is C7H7ClF2N2O. The van der Waals surface area contributed by atoms with Gasteiger partial charge in [0.05, 0.1) is 5.56 Å². The lowest BCUT2D eigenvalue weighted by Crippen LogP contribution is -1.97. The first-order valence-electron chi connectivity index (χ1n) is 3.46. The lowest BCUT2D eigenvalue weighted by atomic mass is 10.2. The zero-order valence-corrected chi connectivity index (χ0v) is 7.77. The molecule has 0 aliphatic rings. The van der Waals surface area contributed by atoms with Crippen molar-refractivity contribution in [2.75, 3.05) is 0 Å². The zero-order chi connectivity index (χ0) is 10.2. The zero-order valence-electron chi connectivity index (χ0n) is 7.01. The van der Waals surface area contributed by atoms with Crippen LogP contribution >= 0.6 is 11.6 Å². The van der Waals surface area contributed by atoms with Crippen LogP contribution in [0.2, 0.25) is 5.15 Å². The number of hydrogen-bond acceptors (Lipinski definition) is 2. The predicted octanol–water partition coefficient (Wildman–Crippen LogP) is 2.21. The fourth-order valence-electron chi connectivity index (χ4n) is 1.00. The largest absolute Gasteiger partial charge is 0.294 e. The van der Waals surface area contributed by atoms with Crippen LogP contribution in [0.4, 0.5) is 8.78 Å². The molecule has 0 saturated heterocycles. The summed E-state index contributed by atoms with van der Waals surface area (Å²) in [7, 11) is 1.40. The number of aryl methyl sites for hydroxylation is 1. The van der Waals surface area contributed by atoms with Gasteiger partial charge in [0, 0.05) is 7.05 Å². The van der Waals surface area contributed by atoms with E-state index in [1.54, 1.807) is 0 Å². The Morgan fingerprint density at radius 3 is 2.46 bits per heavy atom. The van der Waals surface area contributed by atoms with Crippen molar-refractivity contribution in [3.05, 3.63) is 16.4 Å². The van der Waals surface area contributed by atoms with E-state index < -0.39 is 17.9 Å². The van der Waals surface area contributed by atoms with Crippen LogP contribution in [-0.2, 0) is 7.05 Å². The Morgan fingerprint density at radius 2 is 2.15 bits per heavy atom. The molecule has 0 amide bonds. The third-order valence-electron chi connectivity index (χ3n) is 1.56. The van der Waals surface area contributed by atoms with Gasteiger partial charge in [-0.1, -0.05) is 11.6 Å². The Kier molecular flexibility index (Phi) is 2.66. The van der Waals surface area contributed by atoms with Gasteiger partial charge in [-0.3, -0.25) is 9.48 Å². The Balaban J connectivity index is 3.35. The molecule has 6 heteroatoms. The third-order valence-corrected chi connectivity index (χ3v) is 2.00. The highest BCUT2D eigenvalue weighted by Gasteiger charge is 2.24. The SMILES string of the molecule is CC(=O)c1c(C(F)F)nn(C)c1Cl. The smallest absolute Gasteiger partial charge is 0.282 e. The molecule has 0 aromatic carbocycles. The normalized spacial score (nSPS) is 10.9. The number of aromatic nitrogens is 2. The van der Waals surface area contributed by atoms with Crippen molar-refractivity contribution in [3.8, 4) is 0 Å². The molecule has 0 atom stereocenters. The summed E-state index contributed by atoms with van der Waals surface area (Å²) >= 11 is 5.60. The molecule has 0 N–H and O–H groups in total. The molecule has 0 spiro atoms. The first kappa shape index (κ1) is 10.1. The number of halogens is 3. The first-order chi connectivity index (χ1) is 5.95. The highest BCUT2D eigenvalue weighted by atomic mass is 35.5. The van der Waals surface area contributed by atoms with Crippen LogP contribution in [0.3, 0.4) is 0 Å². The van der Waals surface area contributed by atoms with Crippen LogP contribution in [0.5, 0.6) is 0 Å². The summed E-state index contributed by atoms with van der Waals surface area (Å²) in [6.45, 7) is 1.18. The molecule has 72 valence electrons. The van der Waals surface area contributed by atoms with Crippen molar-refractivity contribution in [3.63, 3.8) is 0 Å². The number of Topliss-reactive ketones (excluding diaryl/α,β-unsaturated/α-hetero) is 1. The van der Waals surface area contributed by atoms with Crippen LogP contribution in [-0.4, -0.2) is 15.6 Å². The minimum atomic E-state index is -2.78. The average Bonchev–Trinajstić information content (AvgIpc) is 2.28. The van der Waals surface area contributed by atoms with E-state index in [0.29, 0.717) is 0 Å². The standard InChI is InChI=1S/C7H7ClF2N2O/c1-3(13)4-5(7(9)10)11-12(2)6(4)8/h7H,1-2H3. The first-order valence-corrected chi connectivity index (χ1v) is 3.84. The maximum atomic E-state index is 12.3. The van der Waals surface area contributed by atoms with E-state index in [1.807, 2.05) is 0 Å². The van der Waals surface area contributed by atoms with Crippen molar-refractivity contribution in [2.24, 2.45) is 7.05 Å². The molecule has 0 aliphatic carbocycles. The van der Waals surface area contributed by atoms with Gasteiger partial charge in [0.25, 0.3) is 6.43 Å². The molecule has 0 unspecified atom stereocenters. The van der Waals surface area contributed by atoms with Crippen molar-refractivity contribution in [2.45, 2.75) is 13.3 Å². The molecule has 0 radical (unpaired) electrons. The van der Waals surface area contributed by atoms with Gasteiger partial charge in [-0.15, -0.1) is 0 Å². The Morgan fingerprint density at radius 1 is 1.62 bits per heavy atom. The third kappa shape index (κ3) is 1.70. The van der Waals surface area contributed by atoms with Crippen molar-refractivity contribution in [1.29, 1.82) is 0 Å². The quantitative estimate of drug-likeness (QED) is 0.699. The van der Waals surface area contributed by atoms with Gasteiger partial charge in [-0.25, -0.2) is 8.78 Å². The van der Waals surface area contributed by atoms with Gasteiger partial charge in [0.1, 0.15) is 10.8 Å². The van der Waals surface area contributed by atoms with Gasteiger partial charge in [0.15, 0.2) is 5.78 Å². The molecule has 0 bridgehead atoms. The van der Waals surface area contributed by atoms with Crippen LogP contribution in [0.1, 0.15) is 29.4 Å². The van der Waals surface area contributed by atoms with E-state index in [1.165, 1.54) is 14.0 Å². The Hall–Kier alpha value is -0.970. The summed E-state index contributed by atoms with van der Waals surface area (Å²) in [5.41, 5.74) is -0.751. The fourth-order valence-corrected chi connectivity index (χ4v) is 1.27. The van der Waals surface area contributed by atoms with Crippen LogP contribution < -0.4 is 0 Å². The number of hydrogen-bond donors (Lipinski definition) is 0. The monoisotopic (exact) mass is 208 g/mol. The molecule has 0 fully saturated rings. The molecule has 1 rings (SSSR count). The number of ketones is 1. The van der Waals surface area contributed by atoms with Crippen molar-refractivity contribution >= 4 is 17.4 Å². The maximum Gasteiger partial charge on any atom is 0.282 e. The second-order valence-electron chi connectivity index (χ2n) is 2.53. The van der Waals surface area contributed by atoms with Gasteiger partial charge in [0.2, 0.25) is 0 Å². The van der Waals surface area contributed by atoms with Crippen LogP contribution in [0.25, 0.3) is 0 Å². The summed E-state index contributed by atoms with van der Waals surface area (Å²) in [6, 6.07) is 0. The second kappa shape index (κ2) is 3.41. The lowest BCUT2D eigenvalue weighted by Gasteiger charge is -1.95. The molecule has 0 aliphatic heterocycles. The van der Waals surface area contributed by atoms with E-state index in [4.69, 9.17) is 11.6 Å². The van der Waals surface area contributed by atoms with Gasteiger partial charge < -0.3 is 0 Å². The molecule has 1 aromatic rings. The van der Waals surface area contributed by atoms with Gasteiger partial charge >= 0.3 is 0 Å². The van der Waals surface area contributed by atoms with Crippen molar-refractivity contribution in [1.82, 2.24) is 9.78 Å². The molecule has 13 heavy (non-hydrogen) atoms. The minimum Gasteiger partial charge on any atom is -0.294 e.